The molecule has 2 rings (SSSR count). The average Bonchev–Trinajstić information content (AvgIpc) is 2.56. The second kappa shape index (κ2) is 8.32. The van der Waals surface area contributed by atoms with E-state index in [-0.39, 0.29) is 0 Å². The Balaban J connectivity index is 2.12. The van der Waals surface area contributed by atoms with Gasteiger partial charge in [0.2, 0.25) is 5.88 Å². The fourth-order valence-electron chi connectivity index (χ4n) is 3.42. The third kappa shape index (κ3) is 4.40. The molecule has 0 aliphatic heterocycles. The molecule has 4 nitrogen and oxygen atoms in total. The zero-order valence-corrected chi connectivity index (χ0v) is 13.6. The maximum Gasteiger partial charge on any atom is 0.233 e. The predicted molar refractivity (Wildman–Crippen MR) is 85.4 cm³/mol. The Bertz CT molecular complexity index is 407. The molecule has 1 heterocycles. The molecule has 0 bridgehead atoms. The number of hydrogen-bond acceptors (Lipinski definition) is 4. The van der Waals surface area contributed by atoms with Crippen LogP contribution in [-0.2, 0) is 0 Å². The van der Waals surface area contributed by atoms with Crippen molar-refractivity contribution in [3.63, 3.8) is 0 Å². The summed E-state index contributed by atoms with van der Waals surface area (Å²) in [7, 11) is 1.63. The van der Waals surface area contributed by atoms with Crippen molar-refractivity contribution in [1.29, 1.82) is 0 Å². The van der Waals surface area contributed by atoms with Crippen molar-refractivity contribution >= 4 is 0 Å². The largest absolute Gasteiger partial charge is 0.480 e. The van der Waals surface area contributed by atoms with Crippen LogP contribution in [0.2, 0.25) is 0 Å². The predicted octanol–water partition coefficient (Wildman–Crippen LogP) is 3.74. The van der Waals surface area contributed by atoms with E-state index in [9.17, 15) is 0 Å². The number of ether oxygens (including phenoxy) is 1. The first kappa shape index (κ1) is 16.2. The van der Waals surface area contributed by atoms with Crippen LogP contribution in [-0.4, -0.2) is 23.9 Å². The van der Waals surface area contributed by atoms with Gasteiger partial charge in [0.25, 0.3) is 0 Å². The first-order valence-corrected chi connectivity index (χ1v) is 8.39. The number of methoxy groups -OCH3 is 1. The molecular formula is C17H29N3O. The van der Waals surface area contributed by atoms with Gasteiger partial charge in [0.05, 0.1) is 18.8 Å². The summed E-state index contributed by atoms with van der Waals surface area (Å²) >= 11 is 0. The molecule has 1 aromatic rings. The Morgan fingerprint density at radius 3 is 2.76 bits per heavy atom. The fraction of sp³-hybridized carbons (Fsp3) is 0.765. The second-order valence-corrected chi connectivity index (χ2v) is 6.13. The highest BCUT2D eigenvalue weighted by Gasteiger charge is 2.29. The van der Waals surface area contributed by atoms with E-state index in [2.05, 4.69) is 35.4 Å². The molecule has 4 heteroatoms. The topological polar surface area (TPSA) is 47.0 Å². The van der Waals surface area contributed by atoms with Crippen LogP contribution in [0.15, 0.2) is 12.1 Å². The lowest BCUT2D eigenvalue weighted by Crippen LogP contribution is -2.33. The molecule has 0 saturated heterocycles. The summed E-state index contributed by atoms with van der Waals surface area (Å²) in [5, 5.41) is 12.2. The van der Waals surface area contributed by atoms with Crippen molar-refractivity contribution in [2.75, 3.05) is 13.7 Å². The van der Waals surface area contributed by atoms with Gasteiger partial charge in [0.15, 0.2) is 0 Å². The summed E-state index contributed by atoms with van der Waals surface area (Å²) < 4.78 is 5.12. The Morgan fingerprint density at radius 1 is 1.29 bits per heavy atom. The molecule has 1 saturated carbocycles. The number of nitrogens with zero attached hydrogens (tertiary/aromatic N) is 2. The molecule has 0 radical (unpaired) electrons. The molecule has 1 aromatic heterocycles. The number of aromatic nitrogens is 2. The van der Waals surface area contributed by atoms with Crippen molar-refractivity contribution in [3.05, 3.63) is 17.8 Å². The lowest BCUT2D eigenvalue weighted by Gasteiger charge is -2.34. The van der Waals surface area contributed by atoms with E-state index in [1.807, 2.05) is 6.07 Å². The van der Waals surface area contributed by atoms with Crippen molar-refractivity contribution in [2.45, 2.75) is 58.4 Å². The highest BCUT2D eigenvalue weighted by atomic mass is 16.5. The zero-order valence-electron chi connectivity index (χ0n) is 13.6. The molecule has 1 fully saturated rings. The molecule has 21 heavy (non-hydrogen) atoms. The van der Waals surface area contributed by atoms with E-state index < -0.39 is 0 Å². The van der Waals surface area contributed by atoms with Gasteiger partial charge in [0.1, 0.15) is 0 Å². The zero-order chi connectivity index (χ0) is 15.1. The highest BCUT2D eigenvalue weighted by Crippen LogP contribution is 2.38. The van der Waals surface area contributed by atoms with Crippen LogP contribution in [0.5, 0.6) is 5.88 Å². The SMILES string of the molecule is CCCNC(c1ccc(OC)nn1)C1CCCC(CC)C1. The van der Waals surface area contributed by atoms with Gasteiger partial charge < -0.3 is 10.1 Å². The minimum atomic E-state index is 0.331. The van der Waals surface area contributed by atoms with E-state index in [0.717, 1.165) is 24.6 Å². The van der Waals surface area contributed by atoms with Crippen LogP contribution >= 0.6 is 0 Å². The monoisotopic (exact) mass is 291 g/mol. The smallest absolute Gasteiger partial charge is 0.233 e. The Hall–Kier alpha value is -1.16. The van der Waals surface area contributed by atoms with E-state index in [4.69, 9.17) is 4.74 Å². The molecular weight excluding hydrogens is 262 g/mol. The van der Waals surface area contributed by atoms with E-state index in [1.54, 1.807) is 7.11 Å². The van der Waals surface area contributed by atoms with Gasteiger partial charge in [-0.1, -0.05) is 33.1 Å². The number of rotatable bonds is 7. The summed E-state index contributed by atoms with van der Waals surface area (Å²) in [5.41, 5.74) is 1.06. The van der Waals surface area contributed by atoms with Gasteiger partial charge in [-0.05, 0) is 43.7 Å². The van der Waals surface area contributed by atoms with Crippen molar-refractivity contribution < 1.29 is 4.74 Å². The van der Waals surface area contributed by atoms with E-state index >= 15 is 0 Å². The number of hydrogen-bond donors (Lipinski definition) is 1. The van der Waals surface area contributed by atoms with Crippen LogP contribution in [0.4, 0.5) is 0 Å². The Kier molecular flexibility index (Phi) is 6.43. The van der Waals surface area contributed by atoms with Gasteiger partial charge in [-0.25, -0.2) is 0 Å². The van der Waals surface area contributed by atoms with Gasteiger partial charge in [-0.3, -0.25) is 0 Å². The Labute approximate surface area is 128 Å². The van der Waals surface area contributed by atoms with Crippen LogP contribution in [0.25, 0.3) is 0 Å². The van der Waals surface area contributed by atoms with Gasteiger partial charge >= 0.3 is 0 Å². The third-order valence-corrected chi connectivity index (χ3v) is 4.67. The minimum absolute atomic E-state index is 0.331. The van der Waals surface area contributed by atoms with Crippen LogP contribution in [0.1, 0.15) is 64.1 Å². The molecule has 0 aromatic carbocycles. The molecule has 0 spiro atoms. The molecule has 1 aliphatic carbocycles. The average molecular weight is 291 g/mol. The summed E-state index contributed by atoms with van der Waals surface area (Å²) in [6.45, 7) is 5.56. The summed E-state index contributed by atoms with van der Waals surface area (Å²) in [6, 6.07) is 4.32. The molecule has 3 unspecified atom stereocenters. The maximum atomic E-state index is 5.12. The van der Waals surface area contributed by atoms with Gasteiger partial charge in [0, 0.05) is 6.07 Å². The molecule has 1 aliphatic rings. The molecule has 3 atom stereocenters. The second-order valence-electron chi connectivity index (χ2n) is 6.13. The number of nitrogens with one attached hydrogen (secondary N) is 1. The van der Waals surface area contributed by atoms with E-state index in [0.29, 0.717) is 17.8 Å². The van der Waals surface area contributed by atoms with Crippen molar-refractivity contribution in [1.82, 2.24) is 15.5 Å². The van der Waals surface area contributed by atoms with Crippen molar-refractivity contribution in [3.8, 4) is 5.88 Å². The first-order chi connectivity index (χ1) is 10.3. The summed E-state index contributed by atoms with van der Waals surface area (Å²) in [4.78, 5) is 0. The van der Waals surface area contributed by atoms with E-state index in [1.165, 1.54) is 32.1 Å². The summed E-state index contributed by atoms with van der Waals surface area (Å²) in [5.74, 6) is 2.14. The van der Waals surface area contributed by atoms with Gasteiger partial charge in [-0.15, -0.1) is 5.10 Å². The minimum Gasteiger partial charge on any atom is -0.480 e. The fourth-order valence-corrected chi connectivity index (χ4v) is 3.42. The third-order valence-electron chi connectivity index (χ3n) is 4.67. The van der Waals surface area contributed by atoms with Crippen LogP contribution in [0, 0.1) is 11.8 Å². The first-order valence-electron chi connectivity index (χ1n) is 8.39. The Morgan fingerprint density at radius 2 is 2.14 bits per heavy atom. The van der Waals surface area contributed by atoms with Gasteiger partial charge in [-0.2, -0.15) is 5.10 Å². The molecule has 118 valence electrons. The quantitative estimate of drug-likeness (QED) is 0.831. The normalized spacial score (nSPS) is 23.8. The standard InChI is InChI=1S/C17H29N3O/c1-4-11-18-17(14-8-6-7-13(5-2)12-14)15-9-10-16(21-3)20-19-15/h9-10,13-14,17-18H,4-8,11-12H2,1-3H3. The molecule has 0 amide bonds. The highest BCUT2D eigenvalue weighted by molar-refractivity contribution is 5.15. The van der Waals surface area contributed by atoms with Crippen molar-refractivity contribution in [2.24, 2.45) is 11.8 Å². The van der Waals surface area contributed by atoms with Crippen LogP contribution < -0.4 is 10.1 Å². The lowest BCUT2D eigenvalue weighted by atomic mass is 9.76. The summed E-state index contributed by atoms with van der Waals surface area (Å²) in [6.07, 6.45) is 7.78. The maximum absolute atomic E-state index is 5.12. The lowest BCUT2D eigenvalue weighted by molar-refractivity contribution is 0.206. The molecule has 1 N–H and O–H groups in total. The van der Waals surface area contributed by atoms with Crippen LogP contribution in [0.3, 0.4) is 0 Å².